The zero-order chi connectivity index (χ0) is 45.4. The van der Waals surface area contributed by atoms with Crippen LogP contribution in [0, 0.1) is 11.3 Å². The third kappa shape index (κ3) is 5.61. The van der Waals surface area contributed by atoms with Crippen molar-refractivity contribution in [2.75, 3.05) is 9.80 Å². The maximum atomic E-state index is 11.1. The summed E-state index contributed by atoms with van der Waals surface area (Å²) in [5.41, 5.74) is 19.9. The summed E-state index contributed by atoms with van der Waals surface area (Å²) >= 11 is 1.85. The molecule has 3 aliphatic heterocycles. The number of rotatable bonds is 1. The lowest BCUT2D eigenvalue weighted by Gasteiger charge is -2.47. The molecule has 0 unspecified atom stereocenters. The summed E-state index contributed by atoms with van der Waals surface area (Å²) < 4.78 is 5.12. The van der Waals surface area contributed by atoms with Gasteiger partial charge in [0.05, 0.1) is 45.4 Å². The van der Waals surface area contributed by atoms with Crippen molar-refractivity contribution in [1.29, 1.82) is 5.26 Å². The van der Waals surface area contributed by atoms with Gasteiger partial charge in [0, 0.05) is 48.0 Å². The molecule has 0 atom stereocenters. The first-order valence-corrected chi connectivity index (χ1v) is 24.1. The maximum absolute atomic E-state index is 11.1. The Morgan fingerprint density at radius 3 is 1.78 bits per heavy atom. The first kappa shape index (κ1) is 40.2. The molecule has 0 spiro atoms. The van der Waals surface area contributed by atoms with E-state index in [4.69, 9.17) is 0 Å². The minimum absolute atomic E-state index is 0.0109. The third-order valence-corrected chi connectivity index (χ3v) is 15.8. The van der Waals surface area contributed by atoms with Crippen molar-refractivity contribution < 1.29 is 0 Å². The highest BCUT2D eigenvalue weighted by molar-refractivity contribution is 7.26. The lowest BCUT2D eigenvalue weighted by Crippen LogP contribution is -2.62. The molecular weight excluding hydrogens is 808 g/mol. The molecule has 12 rings (SSSR count). The Labute approximate surface area is 387 Å². The minimum atomic E-state index is -0.131. The maximum Gasteiger partial charge on any atom is 0.252 e. The number of anilines is 6. The van der Waals surface area contributed by atoms with Gasteiger partial charge >= 0.3 is 0 Å². The Kier molecular flexibility index (Phi) is 8.02. The summed E-state index contributed by atoms with van der Waals surface area (Å²) in [5.74, 6) is 0. The lowest BCUT2D eigenvalue weighted by atomic mass is 9.33. The Morgan fingerprint density at radius 1 is 0.477 bits per heavy atom. The van der Waals surface area contributed by atoms with Crippen LogP contribution in [0.5, 0.6) is 0 Å². The van der Waals surface area contributed by atoms with E-state index in [2.05, 4.69) is 219 Å². The molecule has 9 aromatic rings. The van der Waals surface area contributed by atoms with Crippen LogP contribution in [0.1, 0.15) is 111 Å². The van der Waals surface area contributed by atoms with Crippen molar-refractivity contribution in [1.82, 2.24) is 4.57 Å². The normalized spacial score (nSPS) is 14.4. The molecule has 320 valence electrons. The van der Waals surface area contributed by atoms with E-state index in [0.29, 0.717) is 5.56 Å². The molecule has 0 radical (unpaired) electrons. The van der Waals surface area contributed by atoms with Crippen LogP contribution in [0.3, 0.4) is 0 Å². The predicted octanol–water partition coefficient (Wildman–Crippen LogP) is 14.6. The van der Waals surface area contributed by atoms with Crippen LogP contribution in [-0.2, 0) is 21.7 Å². The molecular formula is C59H55BN4S. The Balaban J connectivity index is 1.28. The molecule has 0 aliphatic carbocycles. The van der Waals surface area contributed by atoms with Gasteiger partial charge in [0.2, 0.25) is 0 Å². The van der Waals surface area contributed by atoms with E-state index >= 15 is 0 Å². The second-order valence-corrected chi connectivity index (χ2v) is 24.1. The monoisotopic (exact) mass is 862 g/mol. The van der Waals surface area contributed by atoms with E-state index < -0.39 is 0 Å². The number of hydrogen-bond acceptors (Lipinski definition) is 4. The molecule has 0 amide bonds. The Bertz CT molecular complexity index is 3620. The van der Waals surface area contributed by atoms with Crippen molar-refractivity contribution in [2.45, 2.75) is 105 Å². The SMILES string of the molecule is CC(C)(C)c1ccc2c(c1)B1c3cc(C(C)(C)C)cc4c3N(c3cc(C#N)cc(c31)N2c1cccc2sc3ccccc3c12)c1cc(C(C)(C)C)cc2c3cc(C(C)(C)C)ccc3n-4c12. The quantitative estimate of drug-likeness (QED) is 0.154. The van der Waals surface area contributed by atoms with Crippen LogP contribution in [0.2, 0.25) is 0 Å². The molecule has 4 nitrogen and oxygen atoms in total. The molecule has 65 heavy (non-hydrogen) atoms. The van der Waals surface area contributed by atoms with Gasteiger partial charge in [0.1, 0.15) is 0 Å². The van der Waals surface area contributed by atoms with Crippen molar-refractivity contribution in [2.24, 2.45) is 0 Å². The van der Waals surface area contributed by atoms with Gasteiger partial charge < -0.3 is 14.4 Å². The fraction of sp³-hybridized carbons (Fsp3) is 0.271. The number of hydrogen-bond donors (Lipinski definition) is 0. The van der Waals surface area contributed by atoms with Gasteiger partial charge in [-0.2, -0.15) is 5.26 Å². The second kappa shape index (κ2) is 13.0. The van der Waals surface area contributed by atoms with E-state index in [-0.39, 0.29) is 28.4 Å². The van der Waals surface area contributed by atoms with E-state index in [1.54, 1.807) is 0 Å². The Morgan fingerprint density at radius 2 is 1.08 bits per heavy atom. The van der Waals surface area contributed by atoms with Gasteiger partial charge in [-0.1, -0.05) is 132 Å². The summed E-state index contributed by atoms with van der Waals surface area (Å²) in [4.78, 5) is 5.08. The first-order chi connectivity index (χ1) is 30.7. The number of aromatic nitrogens is 1. The van der Waals surface area contributed by atoms with Gasteiger partial charge in [-0.05, 0) is 127 Å². The van der Waals surface area contributed by atoms with Crippen LogP contribution in [0.4, 0.5) is 34.1 Å². The fourth-order valence-corrected chi connectivity index (χ4v) is 12.3. The zero-order valence-corrected chi connectivity index (χ0v) is 40.6. The van der Waals surface area contributed by atoms with Gasteiger partial charge in [-0.15, -0.1) is 11.3 Å². The van der Waals surface area contributed by atoms with E-state index in [9.17, 15) is 5.26 Å². The fourth-order valence-electron chi connectivity index (χ4n) is 11.1. The summed E-state index contributed by atoms with van der Waals surface area (Å²) in [6.45, 7) is 27.9. The van der Waals surface area contributed by atoms with Crippen LogP contribution in [-0.4, -0.2) is 11.3 Å². The molecule has 0 fully saturated rings. The molecule has 0 bridgehead atoms. The number of benzene rings is 7. The highest BCUT2D eigenvalue weighted by Crippen LogP contribution is 2.55. The smallest absolute Gasteiger partial charge is 0.252 e. The van der Waals surface area contributed by atoms with Gasteiger partial charge in [0.15, 0.2) is 0 Å². The highest BCUT2D eigenvalue weighted by atomic mass is 32.1. The molecule has 2 aromatic heterocycles. The van der Waals surface area contributed by atoms with Crippen LogP contribution >= 0.6 is 11.3 Å². The van der Waals surface area contributed by atoms with E-state index in [0.717, 1.165) is 22.7 Å². The molecule has 0 saturated carbocycles. The average molecular weight is 863 g/mol. The topological polar surface area (TPSA) is 35.2 Å². The number of thiophene rings is 1. The van der Waals surface area contributed by atoms with Crippen LogP contribution in [0.15, 0.2) is 115 Å². The highest BCUT2D eigenvalue weighted by Gasteiger charge is 2.48. The molecule has 6 heteroatoms. The van der Waals surface area contributed by atoms with Gasteiger partial charge in [0.25, 0.3) is 6.71 Å². The van der Waals surface area contributed by atoms with Crippen molar-refractivity contribution in [3.63, 3.8) is 0 Å². The summed E-state index contributed by atoms with van der Waals surface area (Å²) in [6.07, 6.45) is 0. The number of nitrogens with zero attached hydrogens (tertiary/aromatic N) is 4. The van der Waals surface area contributed by atoms with Crippen molar-refractivity contribution in [3.05, 3.63) is 143 Å². The predicted molar refractivity (Wildman–Crippen MR) is 281 cm³/mol. The second-order valence-electron chi connectivity index (χ2n) is 23.1. The van der Waals surface area contributed by atoms with Crippen LogP contribution in [0.25, 0.3) is 47.7 Å². The van der Waals surface area contributed by atoms with Gasteiger partial charge in [-0.3, -0.25) is 0 Å². The summed E-state index contributed by atoms with van der Waals surface area (Å²) in [6, 6.07) is 47.0. The van der Waals surface area contributed by atoms with E-state index in [1.807, 2.05) is 11.3 Å². The molecule has 5 heterocycles. The number of nitriles is 1. The summed E-state index contributed by atoms with van der Waals surface area (Å²) in [7, 11) is 0. The number of fused-ring (bicyclic) bond motifs is 12. The summed E-state index contributed by atoms with van der Waals surface area (Å²) in [5, 5.41) is 16.2. The van der Waals surface area contributed by atoms with E-state index in [1.165, 1.54) is 97.7 Å². The van der Waals surface area contributed by atoms with Crippen molar-refractivity contribution >= 4 is 111 Å². The third-order valence-electron chi connectivity index (χ3n) is 14.7. The minimum Gasteiger partial charge on any atom is -0.311 e. The molecule has 0 N–H and O–H groups in total. The first-order valence-electron chi connectivity index (χ1n) is 23.3. The van der Waals surface area contributed by atoms with Crippen LogP contribution < -0.4 is 26.2 Å². The lowest BCUT2D eigenvalue weighted by molar-refractivity contribution is 0.590. The Hall–Kier alpha value is -6.29. The standard InChI is InChI=1S/C59H55BN4S/c1-56(2,3)34-20-22-43-39(26-34)40-27-36(58(7,8)9)30-48-54(40)63(43)49-31-37(59(10,11)12)29-42-55(49)64(48)47-25-33(32-61)24-46-53(47)60(42)41-28-35(57(4,5)6)21-23-44(41)62(46)45-17-15-19-51-52(45)38-16-13-14-18-50(38)65-51/h13-31H,1-12H3. The van der Waals surface area contributed by atoms with Crippen molar-refractivity contribution in [3.8, 4) is 11.8 Å². The van der Waals surface area contributed by atoms with Gasteiger partial charge in [-0.25, -0.2) is 0 Å². The molecule has 0 saturated heterocycles. The largest absolute Gasteiger partial charge is 0.311 e. The zero-order valence-electron chi connectivity index (χ0n) is 39.7. The molecule has 3 aliphatic rings. The average Bonchev–Trinajstić information content (AvgIpc) is 3.80. The molecule has 7 aromatic carbocycles.